The normalized spacial score (nSPS) is 25.4. The average molecular weight is 438 g/mol. The highest BCUT2D eigenvalue weighted by Crippen LogP contribution is 2.46. The van der Waals surface area contributed by atoms with Gasteiger partial charge in [0.2, 0.25) is 0 Å². The van der Waals surface area contributed by atoms with Crippen molar-refractivity contribution in [3.8, 4) is 5.75 Å². The van der Waals surface area contributed by atoms with Gasteiger partial charge in [-0.25, -0.2) is 4.79 Å². The molecule has 1 saturated heterocycles. The van der Waals surface area contributed by atoms with Gasteiger partial charge in [0.15, 0.2) is 5.72 Å². The summed E-state index contributed by atoms with van der Waals surface area (Å²) < 4.78 is 8.16. The molecule has 0 saturated carbocycles. The third-order valence-electron chi connectivity index (χ3n) is 4.30. The monoisotopic (exact) mass is 436 g/mol. The summed E-state index contributed by atoms with van der Waals surface area (Å²) in [5.41, 5.74) is 1.10. The Morgan fingerprint density at radius 1 is 1.22 bits per heavy atom. The minimum Gasteiger partial charge on any atom is -0.467 e. The fraction of sp³-hybridized carbons (Fsp3) is 0.235. The predicted octanol–water partition coefficient (Wildman–Crippen LogP) is 4.98. The van der Waals surface area contributed by atoms with Gasteiger partial charge in [0.25, 0.3) is 0 Å². The van der Waals surface area contributed by atoms with Crippen molar-refractivity contribution < 1.29 is 9.53 Å². The second-order valence-corrected chi connectivity index (χ2v) is 7.81. The third-order valence-corrected chi connectivity index (χ3v) is 5.29. The summed E-state index contributed by atoms with van der Waals surface area (Å²) in [6, 6.07) is 13.4. The minimum atomic E-state index is -0.714. The van der Waals surface area contributed by atoms with Gasteiger partial charge >= 0.3 is 6.03 Å². The third kappa shape index (κ3) is 2.44. The lowest BCUT2D eigenvalue weighted by molar-refractivity contribution is 0.0378. The van der Waals surface area contributed by atoms with Crippen LogP contribution in [-0.2, 0) is 0 Å². The van der Waals surface area contributed by atoms with E-state index in [2.05, 4.69) is 37.2 Å². The molecule has 1 N–H and O–H groups in total. The van der Waals surface area contributed by atoms with E-state index < -0.39 is 5.72 Å². The van der Waals surface area contributed by atoms with Gasteiger partial charge in [0.1, 0.15) is 5.75 Å². The van der Waals surface area contributed by atoms with Crippen molar-refractivity contribution in [3.05, 3.63) is 57.0 Å². The average Bonchev–Trinajstić information content (AvgIpc) is 2.47. The number of nitrogens with one attached hydrogen (secondary N) is 1. The van der Waals surface area contributed by atoms with Gasteiger partial charge in [-0.3, -0.25) is 4.90 Å². The van der Waals surface area contributed by atoms with E-state index in [-0.39, 0.29) is 12.1 Å². The molecule has 2 amide bonds. The van der Waals surface area contributed by atoms with E-state index in [0.717, 1.165) is 25.9 Å². The summed E-state index contributed by atoms with van der Waals surface area (Å²) >= 11 is 6.94. The van der Waals surface area contributed by atoms with Gasteiger partial charge in [-0.05, 0) is 43.3 Å². The summed E-state index contributed by atoms with van der Waals surface area (Å²) in [5, 5.41) is 3.10. The number of hydrogen-bond acceptors (Lipinski definition) is 2. The second-order valence-electron chi connectivity index (χ2n) is 5.98. The number of carbonyl (C=O) groups is 1. The Bertz CT molecular complexity index is 811. The quantitative estimate of drug-likeness (QED) is 0.683. The summed E-state index contributed by atoms with van der Waals surface area (Å²) in [5.74, 6) is 0.812. The number of anilines is 1. The standard InChI is InChI=1S/C17H14Br2N2O2/c1-17-9-14(13-8-11(19)5-6-15(13)23-17)20-16(22)21(17)12-4-2-3-10(18)7-12/h2-8,14H,9H2,1H3,(H,20,22)/t14-,17-/m1/s1. The molecule has 0 aromatic heterocycles. The van der Waals surface area contributed by atoms with Crippen LogP contribution in [0.4, 0.5) is 10.5 Å². The SMILES string of the molecule is C[C@@]12C[C@@H](NC(=O)N1c1cccc(Br)c1)c1cc(Br)ccc1O2. The van der Waals surface area contributed by atoms with E-state index in [9.17, 15) is 4.79 Å². The van der Waals surface area contributed by atoms with Crippen LogP contribution < -0.4 is 15.0 Å². The topological polar surface area (TPSA) is 41.6 Å². The number of ether oxygens (including phenoxy) is 1. The van der Waals surface area contributed by atoms with E-state index in [1.54, 1.807) is 4.90 Å². The van der Waals surface area contributed by atoms with Gasteiger partial charge in [-0.1, -0.05) is 37.9 Å². The number of urea groups is 1. The first-order valence-corrected chi connectivity index (χ1v) is 8.90. The van der Waals surface area contributed by atoms with Crippen molar-refractivity contribution in [2.75, 3.05) is 4.90 Å². The zero-order valence-corrected chi connectivity index (χ0v) is 15.5. The molecular formula is C17H14Br2N2O2. The van der Waals surface area contributed by atoms with Crippen LogP contribution in [0.25, 0.3) is 0 Å². The number of fused-ring (bicyclic) bond motifs is 4. The van der Waals surface area contributed by atoms with Crippen LogP contribution in [0.2, 0.25) is 0 Å². The van der Waals surface area contributed by atoms with Crippen molar-refractivity contribution in [2.24, 2.45) is 0 Å². The summed E-state index contributed by atoms with van der Waals surface area (Å²) in [6.07, 6.45) is 0.689. The molecule has 4 rings (SSSR count). The lowest BCUT2D eigenvalue weighted by atomic mass is 9.90. The molecule has 2 bridgehead atoms. The van der Waals surface area contributed by atoms with E-state index in [1.165, 1.54) is 0 Å². The zero-order chi connectivity index (χ0) is 16.2. The summed E-state index contributed by atoms with van der Waals surface area (Å²) in [4.78, 5) is 14.4. The van der Waals surface area contributed by atoms with Crippen LogP contribution in [-0.4, -0.2) is 11.8 Å². The molecule has 1 fully saturated rings. The van der Waals surface area contributed by atoms with Crippen molar-refractivity contribution >= 4 is 43.6 Å². The van der Waals surface area contributed by atoms with Crippen LogP contribution in [0.5, 0.6) is 5.75 Å². The Kier molecular flexibility index (Phi) is 3.43. The zero-order valence-electron chi connectivity index (χ0n) is 12.3. The van der Waals surface area contributed by atoms with E-state index in [4.69, 9.17) is 4.74 Å². The molecule has 0 aliphatic carbocycles. The Morgan fingerprint density at radius 2 is 2.00 bits per heavy atom. The Morgan fingerprint density at radius 3 is 2.78 bits per heavy atom. The maximum Gasteiger partial charge on any atom is 0.325 e. The molecule has 2 aliphatic rings. The van der Waals surface area contributed by atoms with Crippen molar-refractivity contribution in [1.82, 2.24) is 5.32 Å². The smallest absolute Gasteiger partial charge is 0.325 e. The molecule has 23 heavy (non-hydrogen) atoms. The molecule has 0 radical (unpaired) electrons. The highest BCUT2D eigenvalue weighted by molar-refractivity contribution is 9.10. The van der Waals surface area contributed by atoms with Crippen molar-refractivity contribution in [2.45, 2.75) is 25.1 Å². The number of hydrogen-bond donors (Lipinski definition) is 1. The molecule has 6 heteroatoms. The van der Waals surface area contributed by atoms with Gasteiger partial charge in [0.05, 0.1) is 11.7 Å². The molecule has 0 spiro atoms. The largest absolute Gasteiger partial charge is 0.467 e. The van der Waals surface area contributed by atoms with Gasteiger partial charge < -0.3 is 10.1 Å². The van der Waals surface area contributed by atoms with Gasteiger partial charge in [0, 0.05) is 20.9 Å². The lowest BCUT2D eigenvalue weighted by Crippen LogP contribution is -2.65. The van der Waals surface area contributed by atoms with Crippen LogP contribution >= 0.6 is 31.9 Å². The van der Waals surface area contributed by atoms with Gasteiger partial charge in [-0.15, -0.1) is 0 Å². The Hall–Kier alpha value is -1.53. The molecule has 118 valence electrons. The first kappa shape index (κ1) is 15.0. The maximum absolute atomic E-state index is 12.7. The molecule has 2 atom stereocenters. The summed E-state index contributed by atoms with van der Waals surface area (Å²) in [6.45, 7) is 1.96. The highest BCUT2D eigenvalue weighted by Gasteiger charge is 2.49. The van der Waals surface area contributed by atoms with E-state index >= 15 is 0 Å². The first-order valence-electron chi connectivity index (χ1n) is 7.31. The van der Waals surface area contributed by atoms with Crippen molar-refractivity contribution in [1.29, 1.82) is 0 Å². The van der Waals surface area contributed by atoms with E-state index in [0.29, 0.717) is 6.42 Å². The molecule has 0 unspecified atom stereocenters. The first-order chi connectivity index (χ1) is 11.0. The number of amides is 2. The van der Waals surface area contributed by atoms with Crippen molar-refractivity contribution in [3.63, 3.8) is 0 Å². The number of halogens is 2. The van der Waals surface area contributed by atoms with Crippen LogP contribution in [0.1, 0.15) is 24.9 Å². The minimum absolute atomic E-state index is 0.0443. The molecule has 2 aromatic carbocycles. The van der Waals surface area contributed by atoms with Crippen LogP contribution in [0.3, 0.4) is 0 Å². The molecule has 2 aliphatic heterocycles. The van der Waals surface area contributed by atoms with Crippen LogP contribution in [0.15, 0.2) is 51.4 Å². The highest BCUT2D eigenvalue weighted by atomic mass is 79.9. The number of rotatable bonds is 1. The maximum atomic E-state index is 12.7. The lowest BCUT2D eigenvalue weighted by Gasteiger charge is -2.50. The Labute approximate surface area is 151 Å². The fourth-order valence-corrected chi connectivity index (χ4v) is 4.12. The fourth-order valence-electron chi connectivity index (χ4n) is 3.35. The number of nitrogens with zero attached hydrogens (tertiary/aromatic N) is 1. The molecule has 4 nitrogen and oxygen atoms in total. The van der Waals surface area contributed by atoms with E-state index in [1.807, 2.05) is 49.4 Å². The van der Waals surface area contributed by atoms with Crippen LogP contribution in [0, 0.1) is 0 Å². The van der Waals surface area contributed by atoms with Gasteiger partial charge in [-0.2, -0.15) is 0 Å². The molecular weight excluding hydrogens is 424 g/mol. The number of carbonyl (C=O) groups excluding carboxylic acids is 1. The number of benzene rings is 2. The predicted molar refractivity (Wildman–Crippen MR) is 95.7 cm³/mol. The molecule has 2 heterocycles. The second kappa shape index (κ2) is 5.24. The summed E-state index contributed by atoms with van der Waals surface area (Å²) in [7, 11) is 0. The molecule has 2 aromatic rings. The Balaban J connectivity index is 1.81.